The number of fused-ring (bicyclic) bond motifs is 1. The monoisotopic (exact) mass is 448 g/mol. The van der Waals surface area contributed by atoms with Crippen LogP contribution in [0.3, 0.4) is 0 Å². The number of rotatable bonds is 5. The molecule has 3 atom stereocenters. The fourth-order valence-electron chi connectivity index (χ4n) is 4.66. The quantitative estimate of drug-likeness (QED) is 0.551. The molecule has 1 N–H and O–H groups in total. The summed E-state index contributed by atoms with van der Waals surface area (Å²) in [5, 5.41) is 2.74. The average molecular weight is 449 g/mol. The number of hydrogen-bond acceptors (Lipinski definition) is 5. The zero-order valence-electron chi connectivity index (χ0n) is 19.1. The van der Waals surface area contributed by atoms with Gasteiger partial charge in [0.1, 0.15) is 0 Å². The molecule has 172 valence electrons. The minimum atomic E-state index is -0.653. The lowest BCUT2D eigenvalue weighted by Crippen LogP contribution is -2.30. The third-order valence-corrected chi connectivity index (χ3v) is 6.55. The minimum absolute atomic E-state index is 0.157. The summed E-state index contributed by atoms with van der Waals surface area (Å²) in [5.41, 5.74) is 3.29. The fraction of sp³-hybridized carbons (Fsp3) is 0.385. The second-order valence-electron chi connectivity index (χ2n) is 9.13. The Kier molecular flexibility index (Phi) is 6.31. The van der Waals surface area contributed by atoms with E-state index in [4.69, 9.17) is 4.74 Å². The normalized spacial score (nSPS) is 22.2. The largest absolute Gasteiger partial charge is 0.452 e. The summed E-state index contributed by atoms with van der Waals surface area (Å²) in [4.78, 5) is 51.5. The predicted octanol–water partition coefficient (Wildman–Crippen LogP) is 4.02. The molecule has 7 heteroatoms. The molecular formula is C26H28N2O5. The van der Waals surface area contributed by atoms with Gasteiger partial charge in [-0.3, -0.25) is 19.3 Å². The van der Waals surface area contributed by atoms with Crippen LogP contribution < -0.4 is 10.2 Å². The molecular weight excluding hydrogens is 420 g/mol. The van der Waals surface area contributed by atoms with Gasteiger partial charge in [0.2, 0.25) is 11.8 Å². The van der Waals surface area contributed by atoms with Crippen molar-refractivity contribution in [3.8, 4) is 0 Å². The first-order valence-electron chi connectivity index (χ1n) is 11.3. The molecule has 3 amide bonds. The molecule has 2 aliphatic rings. The Bertz CT molecular complexity index is 1110. The number of aryl methyl sites for hydroxylation is 2. The van der Waals surface area contributed by atoms with Crippen LogP contribution in [0.5, 0.6) is 0 Å². The van der Waals surface area contributed by atoms with Gasteiger partial charge in [0.05, 0.1) is 23.1 Å². The second kappa shape index (κ2) is 9.17. The van der Waals surface area contributed by atoms with Crippen LogP contribution in [0, 0.1) is 31.6 Å². The van der Waals surface area contributed by atoms with Crippen molar-refractivity contribution in [1.29, 1.82) is 0 Å². The third-order valence-electron chi connectivity index (χ3n) is 6.55. The third kappa shape index (κ3) is 4.67. The molecule has 2 aromatic rings. The number of imide groups is 1. The van der Waals surface area contributed by atoms with Crippen molar-refractivity contribution in [3.63, 3.8) is 0 Å². The number of carbonyl (C=O) groups excluding carboxylic acids is 4. The molecule has 33 heavy (non-hydrogen) atoms. The molecule has 2 fully saturated rings. The van der Waals surface area contributed by atoms with Gasteiger partial charge < -0.3 is 10.1 Å². The van der Waals surface area contributed by atoms with E-state index in [-0.39, 0.29) is 29.2 Å². The Balaban J connectivity index is 1.36. The van der Waals surface area contributed by atoms with E-state index in [1.165, 1.54) is 17.0 Å². The highest BCUT2D eigenvalue weighted by molar-refractivity contribution is 6.22. The van der Waals surface area contributed by atoms with E-state index in [1.807, 2.05) is 32.0 Å². The summed E-state index contributed by atoms with van der Waals surface area (Å²) in [6.07, 6.45) is 2.43. The molecule has 1 aliphatic heterocycles. The van der Waals surface area contributed by atoms with Gasteiger partial charge in [0.25, 0.3) is 5.91 Å². The number of amides is 3. The first kappa shape index (κ1) is 22.7. The summed E-state index contributed by atoms with van der Waals surface area (Å²) in [7, 11) is 0. The van der Waals surface area contributed by atoms with Crippen molar-refractivity contribution in [2.45, 2.75) is 40.0 Å². The van der Waals surface area contributed by atoms with Crippen molar-refractivity contribution in [2.75, 3.05) is 16.8 Å². The van der Waals surface area contributed by atoms with E-state index in [9.17, 15) is 19.2 Å². The lowest BCUT2D eigenvalue weighted by molar-refractivity contribution is -0.122. The van der Waals surface area contributed by atoms with Crippen molar-refractivity contribution >= 4 is 35.1 Å². The lowest BCUT2D eigenvalue weighted by Gasteiger charge is -2.25. The first-order valence-corrected chi connectivity index (χ1v) is 11.3. The molecule has 1 heterocycles. The summed E-state index contributed by atoms with van der Waals surface area (Å²) >= 11 is 0. The Morgan fingerprint density at radius 2 is 1.70 bits per heavy atom. The van der Waals surface area contributed by atoms with Crippen LogP contribution in [0.2, 0.25) is 0 Å². The van der Waals surface area contributed by atoms with Crippen LogP contribution in [0.25, 0.3) is 0 Å². The topological polar surface area (TPSA) is 92.8 Å². The highest BCUT2D eigenvalue weighted by atomic mass is 16.5. The van der Waals surface area contributed by atoms with Crippen LogP contribution in [-0.2, 0) is 19.1 Å². The molecule has 0 aromatic heterocycles. The first-order chi connectivity index (χ1) is 15.7. The Labute approximate surface area is 193 Å². The zero-order valence-corrected chi connectivity index (χ0v) is 19.1. The molecule has 0 bridgehead atoms. The van der Waals surface area contributed by atoms with Gasteiger partial charge >= 0.3 is 5.97 Å². The number of ether oxygens (including phenoxy) is 1. The second-order valence-corrected chi connectivity index (χ2v) is 9.13. The molecule has 0 radical (unpaired) electrons. The van der Waals surface area contributed by atoms with Crippen molar-refractivity contribution in [3.05, 3.63) is 59.2 Å². The predicted molar refractivity (Wildman–Crippen MR) is 124 cm³/mol. The van der Waals surface area contributed by atoms with E-state index in [2.05, 4.69) is 12.2 Å². The number of esters is 1. The van der Waals surface area contributed by atoms with Crippen LogP contribution in [0.4, 0.5) is 11.4 Å². The van der Waals surface area contributed by atoms with E-state index < -0.39 is 18.5 Å². The molecule has 4 rings (SSSR count). The van der Waals surface area contributed by atoms with Crippen LogP contribution >= 0.6 is 0 Å². The number of hydrogen-bond donors (Lipinski definition) is 1. The summed E-state index contributed by atoms with van der Waals surface area (Å²) in [6, 6.07) is 11.9. The van der Waals surface area contributed by atoms with Crippen molar-refractivity contribution in [2.24, 2.45) is 17.8 Å². The summed E-state index contributed by atoms with van der Waals surface area (Å²) < 4.78 is 5.13. The number of carbonyl (C=O) groups is 4. The summed E-state index contributed by atoms with van der Waals surface area (Å²) in [6.45, 7) is 5.50. The van der Waals surface area contributed by atoms with E-state index in [0.29, 0.717) is 17.3 Å². The van der Waals surface area contributed by atoms with Crippen molar-refractivity contribution in [1.82, 2.24) is 0 Å². The molecule has 1 saturated heterocycles. The molecule has 0 unspecified atom stereocenters. The fourth-order valence-corrected chi connectivity index (χ4v) is 4.66. The number of nitrogens with one attached hydrogen (secondary N) is 1. The van der Waals surface area contributed by atoms with Crippen LogP contribution in [0.1, 0.15) is 47.7 Å². The minimum Gasteiger partial charge on any atom is -0.452 e. The van der Waals surface area contributed by atoms with E-state index >= 15 is 0 Å². The van der Waals surface area contributed by atoms with Gasteiger partial charge in [-0.25, -0.2) is 4.79 Å². The number of anilines is 2. The smallest absolute Gasteiger partial charge is 0.338 e. The highest BCUT2D eigenvalue weighted by Gasteiger charge is 2.49. The van der Waals surface area contributed by atoms with Gasteiger partial charge in [-0.05, 0) is 80.5 Å². The Morgan fingerprint density at radius 3 is 2.42 bits per heavy atom. The molecule has 7 nitrogen and oxygen atoms in total. The van der Waals surface area contributed by atoms with Gasteiger partial charge in [0, 0.05) is 5.69 Å². The standard InChI is InChI=1S/C26H28N2O5/c1-15-5-11-20-21(12-15)25(31)28(24(20)30)19-9-7-18(8-10-19)26(32)33-14-23(29)27-22-13-16(2)4-6-17(22)3/h4,6-10,13,15,20-21H,5,11-12,14H2,1-3H3,(H,27,29)/t15-,20-,21-/m1/s1. The maximum Gasteiger partial charge on any atom is 0.338 e. The van der Waals surface area contributed by atoms with Crippen molar-refractivity contribution < 1.29 is 23.9 Å². The van der Waals surface area contributed by atoms with Crippen LogP contribution in [0.15, 0.2) is 42.5 Å². The van der Waals surface area contributed by atoms with Gasteiger partial charge in [-0.1, -0.05) is 19.1 Å². The lowest BCUT2D eigenvalue weighted by atomic mass is 9.76. The molecule has 1 aliphatic carbocycles. The Morgan fingerprint density at radius 1 is 1.00 bits per heavy atom. The highest BCUT2D eigenvalue weighted by Crippen LogP contribution is 2.42. The maximum atomic E-state index is 12.9. The van der Waals surface area contributed by atoms with Gasteiger partial charge in [-0.2, -0.15) is 0 Å². The molecule has 2 aromatic carbocycles. The molecule has 1 saturated carbocycles. The maximum absolute atomic E-state index is 12.9. The van der Waals surface area contributed by atoms with E-state index in [0.717, 1.165) is 30.4 Å². The summed E-state index contributed by atoms with van der Waals surface area (Å²) in [5.74, 6) is -1.45. The number of benzene rings is 2. The van der Waals surface area contributed by atoms with Gasteiger partial charge in [0.15, 0.2) is 6.61 Å². The van der Waals surface area contributed by atoms with E-state index in [1.54, 1.807) is 12.1 Å². The SMILES string of the molecule is Cc1ccc(C)c(NC(=O)COC(=O)c2ccc(N3C(=O)[C@@H]4CC[C@@H](C)C[C@H]4C3=O)cc2)c1. The average Bonchev–Trinajstić information content (AvgIpc) is 3.04. The van der Waals surface area contributed by atoms with Crippen LogP contribution in [-0.4, -0.2) is 30.3 Å². The zero-order chi connectivity index (χ0) is 23.7. The van der Waals surface area contributed by atoms with Gasteiger partial charge in [-0.15, -0.1) is 0 Å². The Hall–Kier alpha value is -3.48. The molecule has 0 spiro atoms. The number of nitrogens with zero attached hydrogens (tertiary/aromatic N) is 1.